The zero-order valence-corrected chi connectivity index (χ0v) is 28.8. The van der Waals surface area contributed by atoms with Crippen LogP contribution in [0.2, 0.25) is 0 Å². The number of aliphatic imine (C=N–C) groups is 2. The molecule has 2 fully saturated rings. The quantitative estimate of drug-likeness (QED) is 0.136. The van der Waals surface area contributed by atoms with E-state index in [2.05, 4.69) is 9.98 Å². The van der Waals surface area contributed by atoms with Gasteiger partial charge in [-0.3, -0.25) is 9.98 Å². The number of halogens is 2. The van der Waals surface area contributed by atoms with Crippen molar-refractivity contribution in [1.29, 1.82) is 0 Å². The molecule has 2 aromatic rings. The van der Waals surface area contributed by atoms with Crippen LogP contribution in [0.1, 0.15) is 33.4 Å². The van der Waals surface area contributed by atoms with Crippen molar-refractivity contribution in [3.63, 3.8) is 0 Å². The van der Waals surface area contributed by atoms with Crippen molar-refractivity contribution in [3.8, 4) is 11.5 Å². The summed E-state index contributed by atoms with van der Waals surface area (Å²) in [6.45, 7) is 13.1. The summed E-state index contributed by atoms with van der Waals surface area (Å²) in [5, 5.41) is 25.9. The van der Waals surface area contributed by atoms with Gasteiger partial charge in [-0.25, -0.2) is 37.3 Å². The summed E-state index contributed by atoms with van der Waals surface area (Å²) in [6, 6.07) is 7.76. The summed E-state index contributed by atoms with van der Waals surface area (Å²) in [4.78, 5) is 11.6. The molecule has 0 bridgehead atoms. The minimum Gasteiger partial charge on any atom is -0.872 e. The molecule has 4 rings (SSSR count). The fraction of sp³-hybridized carbons (Fsp3) is 0.500. The number of quaternary nitrogens is 2. The van der Waals surface area contributed by atoms with Crippen LogP contribution in [0.25, 0.3) is 0 Å². The first-order valence-electron chi connectivity index (χ1n) is 14.2. The van der Waals surface area contributed by atoms with Crippen LogP contribution in [0, 0.1) is 34.3 Å². The Morgan fingerprint density at radius 1 is 0.625 bits per heavy atom. The van der Waals surface area contributed by atoms with E-state index in [4.69, 9.17) is 46.7 Å². The zero-order valence-electron chi connectivity index (χ0n) is 26.3. The Morgan fingerprint density at radius 2 is 0.917 bits per heavy atom. The van der Waals surface area contributed by atoms with E-state index < -0.39 is 20.5 Å². The molecule has 275 valence electrons. The first-order valence-corrected chi connectivity index (χ1v) is 16.6. The fourth-order valence-corrected chi connectivity index (χ4v) is 4.86. The fourth-order valence-electron chi connectivity index (χ4n) is 4.86. The average molecular weight is 775 g/mol. The maximum atomic E-state index is 12.9. The number of nitrogens with one attached hydrogen (secondary N) is 2. The van der Waals surface area contributed by atoms with E-state index in [1.165, 1.54) is 9.80 Å². The van der Waals surface area contributed by atoms with Crippen molar-refractivity contribution < 1.29 is 110 Å². The summed E-state index contributed by atoms with van der Waals surface area (Å²) in [5.41, 5.74) is 5.05. The third kappa shape index (κ3) is 20.5. The van der Waals surface area contributed by atoms with E-state index in [9.17, 15) is 10.2 Å². The van der Waals surface area contributed by atoms with Crippen molar-refractivity contribution in [2.45, 2.75) is 26.9 Å². The maximum Gasteiger partial charge on any atom is 2.00 e. The molecule has 2 saturated heterocycles. The van der Waals surface area contributed by atoms with Crippen LogP contribution < -0.4 is 57.3 Å². The molecule has 1 radical (unpaired) electrons. The van der Waals surface area contributed by atoms with Crippen LogP contribution in [0.15, 0.2) is 34.3 Å². The summed E-state index contributed by atoms with van der Waals surface area (Å²) in [6.07, 6.45) is 3.33. The van der Waals surface area contributed by atoms with Gasteiger partial charge < -0.3 is 35.0 Å². The Bertz CT molecular complexity index is 1180. The Kier molecular flexibility index (Phi) is 21.7. The minimum atomic E-state index is -4.94. The van der Waals surface area contributed by atoms with Crippen molar-refractivity contribution in [1.82, 2.24) is 0 Å². The second kappa shape index (κ2) is 22.6. The van der Waals surface area contributed by atoms with E-state index in [1.54, 1.807) is 12.4 Å². The van der Waals surface area contributed by atoms with Gasteiger partial charge in [0.05, 0.1) is 39.5 Å². The van der Waals surface area contributed by atoms with Crippen LogP contribution in [0.3, 0.4) is 0 Å². The molecule has 2 aliphatic rings. The number of hydrogen-bond donors (Lipinski definition) is 2. The maximum absolute atomic E-state index is 12.9. The van der Waals surface area contributed by atoms with Gasteiger partial charge >= 0.3 is 17.1 Å². The SMILES string of the molecule is Cc1cc(C=NCCN=Cc2cc(C)cc(C[NH+]3CCOCC3)c2[O-])c([O-])c(C[NH+]2CCOCC2)c1.O.[Cu+2].[O-][Cl+3]([O-])([O-])[O-].[O-][Cl+3]([O-])([O-])[O-]. The van der Waals surface area contributed by atoms with Crippen LogP contribution in [0.4, 0.5) is 0 Å². The number of aryl methyl sites for hydroxylation is 2. The summed E-state index contributed by atoms with van der Waals surface area (Å²) in [5.74, 6) is 0.107. The Morgan fingerprint density at radius 3 is 1.21 bits per heavy atom. The largest absolute Gasteiger partial charge is 2.00 e. The molecule has 0 unspecified atom stereocenters. The normalized spacial score (nSPS) is 16.0. The van der Waals surface area contributed by atoms with Gasteiger partial charge in [-0.05, 0) is 36.1 Å². The van der Waals surface area contributed by atoms with Gasteiger partial charge in [-0.2, -0.15) is 0 Å². The van der Waals surface area contributed by atoms with Gasteiger partial charge in [0, 0.05) is 12.4 Å². The van der Waals surface area contributed by atoms with Crippen LogP contribution in [-0.2, 0) is 39.6 Å². The van der Waals surface area contributed by atoms with Gasteiger partial charge in [-0.15, -0.1) is 20.5 Å². The van der Waals surface area contributed by atoms with Gasteiger partial charge in [0.2, 0.25) is 0 Å². The number of ether oxygens (including phenoxy) is 2. The van der Waals surface area contributed by atoms with E-state index in [1.807, 2.05) is 38.1 Å². The number of rotatable bonds is 9. The molecular weight excluding hydrogens is 735 g/mol. The van der Waals surface area contributed by atoms with Gasteiger partial charge in [0.15, 0.2) is 0 Å². The Labute approximate surface area is 293 Å². The van der Waals surface area contributed by atoms with E-state index in [0.717, 1.165) is 87.9 Å². The molecule has 0 aliphatic carbocycles. The van der Waals surface area contributed by atoms with E-state index in [0.29, 0.717) is 24.2 Å². The van der Waals surface area contributed by atoms with Gasteiger partial charge in [0.25, 0.3) is 0 Å². The molecule has 2 aliphatic heterocycles. The summed E-state index contributed by atoms with van der Waals surface area (Å²) < 4.78 is 78.8. The Hall–Kier alpha value is -2.04. The van der Waals surface area contributed by atoms with Crippen molar-refractivity contribution in [2.24, 2.45) is 9.98 Å². The van der Waals surface area contributed by atoms with Crippen LogP contribution in [0.5, 0.6) is 11.5 Å². The summed E-state index contributed by atoms with van der Waals surface area (Å²) >= 11 is 0. The molecule has 48 heavy (non-hydrogen) atoms. The molecule has 2 heterocycles. The molecule has 0 saturated carbocycles. The molecule has 20 heteroatoms. The first kappa shape index (κ1) is 46.0. The van der Waals surface area contributed by atoms with Crippen molar-refractivity contribution in [3.05, 3.63) is 57.6 Å². The average Bonchev–Trinajstić information content (AvgIpc) is 2.94. The summed E-state index contributed by atoms with van der Waals surface area (Å²) in [7, 11) is -9.89. The van der Waals surface area contributed by atoms with Crippen molar-refractivity contribution in [2.75, 3.05) is 65.7 Å². The topological polar surface area (TPSA) is 314 Å². The molecule has 0 atom stereocenters. The number of benzene rings is 2. The predicted octanol–water partition coefficient (Wildman–Crippen LogP) is -11.5. The van der Waals surface area contributed by atoms with Crippen LogP contribution >= 0.6 is 0 Å². The third-order valence-corrected chi connectivity index (χ3v) is 6.78. The standard InChI is InChI=1S/C28H38N4O4.2ClHO4.Cu.H2O/c1-21-13-23(27(33)25(15-21)19-31-5-9-35-10-6-31)17-29-3-4-30-18-24-14-22(2)16-26(28(24)34)20-32-7-11-36-12-8-32;2*2-1(3,4)5;;/h13-18,33-34H,3-12,19-20H2,1-2H3;2*(H,2,3,4,5);;1H2/q;;;+2;/p-2. The first-order chi connectivity index (χ1) is 21.5. The Balaban J connectivity index is 0.00000161. The molecule has 0 spiro atoms. The number of morpholine rings is 2. The molecule has 17 nitrogen and oxygen atoms in total. The van der Waals surface area contributed by atoms with Gasteiger partial charge in [0.1, 0.15) is 39.3 Å². The predicted molar refractivity (Wildman–Crippen MR) is 140 cm³/mol. The molecule has 0 amide bonds. The van der Waals surface area contributed by atoms with E-state index in [-0.39, 0.29) is 34.0 Å². The minimum absolute atomic E-state index is 0. The zero-order chi connectivity index (χ0) is 34.3. The second-order valence-corrected chi connectivity index (χ2v) is 12.1. The van der Waals surface area contributed by atoms with Crippen LogP contribution in [-0.4, -0.2) is 83.6 Å². The number of nitrogens with zero attached hydrogens (tertiary/aromatic N) is 2. The molecule has 4 N–H and O–H groups in total. The third-order valence-electron chi connectivity index (χ3n) is 6.78. The molecule has 0 aromatic heterocycles. The monoisotopic (exact) mass is 773 g/mol. The smallest absolute Gasteiger partial charge is 0.872 e. The van der Waals surface area contributed by atoms with Crippen molar-refractivity contribution >= 4 is 12.4 Å². The molecule has 2 aromatic carbocycles. The van der Waals surface area contributed by atoms with Gasteiger partial charge in [-0.1, -0.05) is 46.9 Å². The number of hydrogen-bond acceptors (Lipinski definition) is 14. The second-order valence-electron chi connectivity index (χ2n) is 10.6. The van der Waals surface area contributed by atoms with E-state index >= 15 is 0 Å². The molecular formula is C28H40Cl2CuN4O13.